The first-order valence-electron chi connectivity index (χ1n) is 8.67. The molecule has 0 spiro atoms. The van der Waals surface area contributed by atoms with Crippen molar-refractivity contribution in [3.05, 3.63) is 23.8 Å². The van der Waals surface area contributed by atoms with Gasteiger partial charge in [-0.3, -0.25) is 0 Å². The van der Waals surface area contributed by atoms with Gasteiger partial charge in [-0.05, 0) is 55.2 Å². The molecule has 0 aromatic heterocycles. The second-order valence-electron chi connectivity index (χ2n) is 7.03. The summed E-state index contributed by atoms with van der Waals surface area (Å²) in [5, 5.41) is 9.07. The van der Waals surface area contributed by atoms with E-state index >= 15 is 0 Å². The molecule has 0 saturated carbocycles. The van der Waals surface area contributed by atoms with Gasteiger partial charge in [0.05, 0.1) is 11.4 Å². The Hall–Kier alpha value is -1.91. The van der Waals surface area contributed by atoms with Crippen molar-refractivity contribution >= 4 is 17.5 Å². The second-order valence-corrected chi connectivity index (χ2v) is 7.03. The van der Waals surface area contributed by atoms with Crippen LogP contribution in [-0.4, -0.2) is 42.3 Å². The van der Waals surface area contributed by atoms with Crippen LogP contribution >= 0.6 is 0 Å². The number of rotatable bonds is 2. The van der Waals surface area contributed by atoms with Gasteiger partial charge in [0, 0.05) is 26.2 Å². The van der Waals surface area contributed by atoms with Gasteiger partial charge in [-0.15, -0.1) is 0 Å². The molecule has 2 heterocycles. The number of nitrogens with two attached hydrogens (primary N) is 1. The highest BCUT2D eigenvalue weighted by molar-refractivity contribution is 5.69. The number of likely N-dealkylation sites (tertiary alicyclic amines) is 1. The minimum Gasteiger partial charge on any atom is -0.465 e. The van der Waals surface area contributed by atoms with E-state index in [1.807, 2.05) is 6.07 Å². The van der Waals surface area contributed by atoms with E-state index < -0.39 is 6.09 Å². The Labute approximate surface area is 138 Å². The fraction of sp³-hybridized carbons (Fsp3) is 0.611. The number of carbonyl (C=O) groups is 1. The summed E-state index contributed by atoms with van der Waals surface area (Å²) < 4.78 is 0. The molecule has 2 fully saturated rings. The standard InChI is InChI=1S/C18H27N3O2/c1-13-4-8-20(9-5-13)17-12-15(2-3-16(17)19)14-6-10-21(11-7-14)18(22)23/h2-3,12-14H,4-11,19H2,1H3,(H,22,23). The SMILES string of the molecule is CC1CCN(c2cc(C3CCN(C(=O)O)CC3)ccc2N)CC1. The molecule has 1 amide bonds. The van der Waals surface area contributed by atoms with Gasteiger partial charge in [-0.2, -0.15) is 0 Å². The zero-order valence-electron chi connectivity index (χ0n) is 13.9. The molecular weight excluding hydrogens is 290 g/mol. The Bertz CT molecular complexity index is 559. The minimum atomic E-state index is -0.802. The first-order valence-corrected chi connectivity index (χ1v) is 8.67. The molecule has 2 aliphatic rings. The van der Waals surface area contributed by atoms with Crippen LogP contribution in [0.4, 0.5) is 16.2 Å². The lowest BCUT2D eigenvalue weighted by atomic mass is 9.88. The van der Waals surface area contributed by atoms with Crippen molar-refractivity contribution in [3.8, 4) is 0 Å². The van der Waals surface area contributed by atoms with Crippen LogP contribution in [0.2, 0.25) is 0 Å². The van der Waals surface area contributed by atoms with Crippen LogP contribution < -0.4 is 10.6 Å². The molecule has 1 aromatic carbocycles. The fourth-order valence-corrected chi connectivity index (χ4v) is 3.74. The maximum atomic E-state index is 11.0. The molecule has 0 bridgehead atoms. The number of benzene rings is 1. The van der Waals surface area contributed by atoms with E-state index in [-0.39, 0.29) is 0 Å². The average molecular weight is 317 g/mol. The van der Waals surface area contributed by atoms with E-state index in [0.717, 1.165) is 43.2 Å². The highest BCUT2D eigenvalue weighted by atomic mass is 16.4. The van der Waals surface area contributed by atoms with Crippen LogP contribution in [0.25, 0.3) is 0 Å². The summed E-state index contributed by atoms with van der Waals surface area (Å²) in [6.07, 6.45) is 3.43. The number of hydrogen-bond acceptors (Lipinski definition) is 3. The number of amides is 1. The molecule has 5 nitrogen and oxygen atoms in total. The third kappa shape index (κ3) is 3.54. The molecule has 0 unspecified atom stereocenters. The number of anilines is 2. The third-order valence-corrected chi connectivity index (χ3v) is 5.42. The molecule has 5 heteroatoms. The van der Waals surface area contributed by atoms with Gasteiger partial charge in [0.15, 0.2) is 0 Å². The maximum absolute atomic E-state index is 11.0. The smallest absolute Gasteiger partial charge is 0.407 e. The maximum Gasteiger partial charge on any atom is 0.407 e. The predicted octanol–water partition coefficient (Wildman–Crippen LogP) is 3.36. The highest BCUT2D eigenvalue weighted by Crippen LogP contribution is 2.34. The zero-order chi connectivity index (χ0) is 16.4. The van der Waals surface area contributed by atoms with E-state index in [1.54, 1.807) is 0 Å². The van der Waals surface area contributed by atoms with Crippen LogP contribution in [0.1, 0.15) is 44.1 Å². The molecule has 2 saturated heterocycles. The third-order valence-electron chi connectivity index (χ3n) is 5.42. The van der Waals surface area contributed by atoms with Gasteiger partial charge < -0.3 is 20.6 Å². The lowest BCUT2D eigenvalue weighted by Gasteiger charge is -2.34. The normalized spacial score (nSPS) is 20.7. The number of piperidine rings is 2. The predicted molar refractivity (Wildman–Crippen MR) is 93.0 cm³/mol. The first kappa shape index (κ1) is 16.0. The van der Waals surface area contributed by atoms with Crippen LogP contribution in [0, 0.1) is 5.92 Å². The van der Waals surface area contributed by atoms with Crippen molar-refractivity contribution in [2.75, 3.05) is 36.8 Å². The van der Waals surface area contributed by atoms with Gasteiger partial charge in [0.1, 0.15) is 0 Å². The Morgan fingerprint density at radius 2 is 1.78 bits per heavy atom. The Morgan fingerprint density at radius 3 is 2.39 bits per heavy atom. The molecule has 0 atom stereocenters. The summed E-state index contributed by atoms with van der Waals surface area (Å²) >= 11 is 0. The Kier molecular flexibility index (Phi) is 4.64. The van der Waals surface area contributed by atoms with Gasteiger partial charge in [-0.25, -0.2) is 4.79 Å². The van der Waals surface area contributed by atoms with E-state index in [0.29, 0.717) is 19.0 Å². The molecule has 2 aliphatic heterocycles. The van der Waals surface area contributed by atoms with Crippen LogP contribution in [0.3, 0.4) is 0 Å². The molecule has 23 heavy (non-hydrogen) atoms. The van der Waals surface area contributed by atoms with Crippen molar-refractivity contribution in [2.45, 2.75) is 38.5 Å². The summed E-state index contributed by atoms with van der Waals surface area (Å²) in [6.45, 7) is 5.72. The van der Waals surface area contributed by atoms with E-state index in [1.165, 1.54) is 23.3 Å². The van der Waals surface area contributed by atoms with Gasteiger partial charge in [0.25, 0.3) is 0 Å². The number of nitrogen functional groups attached to an aromatic ring is 1. The quantitative estimate of drug-likeness (QED) is 0.821. The Balaban J connectivity index is 1.72. The van der Waals surface area contributed by atoms with Crippen LogP contribution in [0.15, 0.2) is 18.2 Å². The van der Waals surface area contributed by atoms with Gasteiger partial charge in [0.2, 0.25) is 0 Å². The summed E-state index contributed by atoms with van der Waals surface area (Å²) in [7, 11) is 0. The largest absolute Gasteiger partial charge is 0.465 e. The van der Waals surface area contributed by atoms with Crippen molar-refractivity contribution < 1.29 is 9.90 Å². The summed E-state index contributed by atoms with van der Waals surface area (Å²) in [6, 6.07) is 6.38. The molecule has 3 N–H and O–H groups in total. The lowest BCUT2D eigenvalue weighted by molar-refractivity contribution is 0.132. The summed E-state index contributed by atoms with van der Waals surface area (Å²) in [4.78, 5) is 15.0. The molecule has 3 rings (SSSR count). The highest BCUT2D eigenvalue weighted by Gasteiger charge is 2.25. The van der Waals surface area contributed by atoms with E-state index in [4.69, 9.17) is 10.8 Å². The topological polar surface area (TPSA) is 69.8 Å². The number of carboxylic acid groups (broad SMARTS) is 1. The van der Waals surface area contributed by atoms with Crippen molar-refractivity contribution in [1.29, 1.82) is 0 Å². The molecule has 0 aliphatic carbocycles. The summed E-state index contributed by atoms with van der Waals surface area (Å²) in [5.41, 5.74) is 9.54. The fourth-order valence-electron chi connectivity index (χ4n) is 3.74. The average Bonchev–Trinajstić information content (AvgIpc) is 2.56. The van der Waals surface area contributed by atoms with Gasteiger partial charge in [-0.1, -0.05) is 13.0 Å². The van der Waals surface area contributed by atoms with E-state index in [2.05, 4.69) is 24.0 Å². The van der Waals surface area contributed by atoms with Crippen LogP contribution in [0.5, 0.6) is 0 Å². The van der Waals surface area contributed by atoms with Crippen molar-refractivity contribution in [2.24, 2.45) is 5.92 Å². The number of nitrogens with zero attached hydrogens (tertiary/aromatic N) is 2. The summed E-state index contributed by atoms with van der Waals surface area (Å²) in [5.74, 6) is 1.24. The second kappa shape index (κ2) is 6.69. The molecule has 126 valence electrons. The van der Waals surface area contributed by atoms with E-state index in [9.17, 15) is 4.79 Å². The van der Waals surface area contributed by atoms with Crippen molar-refractivity contribution in [1.82, 2.24) is 4.90 Å². The lowest BCUT2D eigenvalue weighted by Crippen LogP contribution is -2.37. The first-order chi connectivity index (χ1) is 11.0. The minimum absolute atomic E-state index is 0.439. The number of hydrogen-bond donors (Lipinski definition) is 2. The molecular formula is C18H27N3O2. The zero-order valence-corrected chi connectivity index (χ0v) is 13.9. The molecule has 0 radical (unpaired) electrons. The van der Waals surface area contributed by atoms with Crippen molar-refractivity contribution in [3.63, 3.8) is 0 Å². The van der Waals surface area contributed by atoms with Gasteiger partial charge >= 0.3 is 6.09 Å². The molecule has 1 aromatic rings. The van der Waals surface area contributed by atoms with Crippen LogP contribution in [-0.2, 0) is 0 Å². The monoisotopic (exact) mass is 317 g/mol. The Morgan fingerprint density at radius 1 is 1.13 bits per heavy atom.